The molecule has 1 aliphatic heterocycles. The number of hydrogen-bond acceptors (Lipinski definition) is 5. The lowest BCUT2D eigenvalue weighted by molar-refractivity contribution is -0.152. The molecule has 2 aromatic carbocycles. The molecule has 2 atom stereocenters. The smallest absolute Gasteiger partial charge is 0.307 e. The first-order valence-corrected chi connectivity index (χ1v) is 12.6. The van der Waals surface area contributed by atoms with E-state index in [1.165, 1.54) is 0 Å². The summed E-state index contributed by atoms with van der Waals surface area (Å²) in [6, 6.07) is 16.1. The van der Waals surface area contributed by atoms with Crippen LogP contribution in [-0.4, -0.2) is 58.0 Å². The molecule has 1 N–H and O–H groups in total. The van der Waals surface area contributed by atoms with E-state index < -0.39 is 17.8 Å². The van der Waals surface area contributed by atoms with Crippen molar-refractivity contribution in [2.24, 2.45) is 11.8 Å². The second-order valence-corrected chi connectivity index (χ2v) is 9.96. The van der Waals surface area contributed by atoms with E-state index in [4.69, 9.17) is 9.97 Å². The first-order chi connectivity index (χ1) is 16.5. The van der Waals surface area contributed by atoms with Crippen molar-refractivity contribution in [3.05, 3.63) is 53.0 Å². The Morgan fingerprint density at radius 1 is 0.912 bits per heavy atom. The Balaban J connectivity index is 1.37. The summed E-state index contributed by atoms with van der Waals surface area (Å²) in [6.07, 6.45) is 3.06. The minimum atomic E-state index is -0.846. The molecule has 2 heterocycles. The quantitative estimate of drug-likeness (QED) is 0.538. The van der Waals surface area contributed by atoms with Crippen molar-refractivity contribution in [3.63, 3.8) is 0 Å². The van der Waals surface area contributed by atoms with Gasteiger partial charge in [-0.15, -0.1) is 0 Å². The molecule has 2 fully saturated rings. The molecule has 1 aromatic heterocycles. The van der Waals surface area contributed by atoms with Crippen LogP contribution in [0.5, 0.6) is 0 Å². The second-order valence-electron chi connectivity index (χ2n) is 9.05. The third-order valence-electron chi connectivity index (χ3n) is 6.97. The van der Waals surface area contributed by atoms with Gasteiger partial charge in [0.05, 0.1) is 23.0 Å². The normalized spacial score (nSPS) is 21.0. The maximum atomic E-state index is 13.2. The molecule has 0 radical (unpaired) electrons. The summed E-state index contributed by atoms with van der Waals surface area (Å²) < 4.78 is 0.975. The molecule has 1 aliphatic carbocycles. The average molecular weight is 523 g/mol. The lowest BCUT2D eigenvalue weighted by atomic mass is 9.78. The van der Waals surface area contributed by atoms with Gasteiger partial charge in [-0.05, 0) is 31.0 Å². The minimum absolute atomic E-state index is 0.0130. The molecule has 3 aromatic rings. The van der Waals surface area contributed by atoms with Crippen LogP contribution in [0, 0.1) is 11.8 Å². The van der Waals surface area contributed by atoms with E-state index in [9.17, 15) is 14.7 Å². The van der Waals surface area contributed by atoms with Crippen molar-refractivity contribution in [1.29, 1.82) is 0 Å². The Kier molecular flexibility index (Phi) is 6.50. The SMILES string of the molecule is O=C(O)[C@@H]1CCCC[C@H]1C(=O)N1CCN(c2nc(-c3ccccc3)c3cc(Br)ccc3n2)CC1. The highest BCUT2D eigenvalue weighted by atomic mass is 79.9. The first-order valence-electron chi connectivity index (χ1n) is 11.8. The van der Waals surface area contributed by atoms with Gasteiger partial charge >= 0.3 is 5.97 Å². The van der Waals surface area contributed by atoms with Gasteiger partial charge in [0, 0.05) is 41.6 Å². The number of halogens is 1. The topological polar surface area (TPSA) is 86.6 Å². The highest BCUT2D eigenvalue weighted by molar-refractivity contribution is 9.10. The van der Waals surface area contributed by atoms with E-state index in [0.717, 1.165) is 39.5 Å². The fourth-order valence-corrected chi connectivity index (χ4v) is 5.49. The molecule has 1 saturated heterocycles. The van der Waals surface area contributed by atoms with Gasteiger partial charge in [0.25, 0.3) is 0 Å². The Morgan fingerprint density at radius 3 is 2.32 bits per heavy atom. The zero-order valence-corrected chi connectivity index (χ0v) is 20.4. The van der Waals surface area contributed by atoms with Gasteiger partial charge in [0.2, 0.25) is 11.9 Å². The number of carboxylic acid groups (broad SMARTS) is 1. The highest BCUT2D eigenvalue weighted by Gasteiger charge is 2.38. The number of rotatable bonds is 4. The molecule has 7 nitrogen and oxygen atoms in total. The maximum absolute atomic E-state index is 13.2. The number of benzene rings is 2. The van der Waals surface area contributed by atoms with Crippen LogP contribution < -0.4 is 4.90 Å². The number of hydrogen-bond donors (Lipinski definition) is 1. The summed E-state index contributed by atoms with van der Waals surface area (Å²) in [6.45, 7) is 2.33. The van der Waals surface area contributed by atoms with Crippen molar-refractivity contribution >= 4 is 44.7 Å². The van der Waals surface area contributed by atoms with Crippen molar-refractivity contribution in [2.45, 2.75) is 25.7 Å². The number of carbonyl (C=O) groups is 2. The fraction of sp³-hybridized carbons (Fsp3) is 0.385. The monoisotopic (exact) mass is 522 g/mol. The summed E-state index contributed by atoms with van der Waals surface area (Å²) in [4.78, 5) is 38.6. The van der Waals surface area contributed by atoms with Crippen LogP contribution in [-0.2, 0) is 9.59 Å². The Hall–Kier alpha value is -3.00. The van der Waals surface area contributed by atoms with E-state index in [1.807, 2.05) is 53.4 Å². The maximum Gasteiger partial charge on any atom is 0.307 e. The number of piperazine rings is 1. The van der Waals surface area contributed by atoms with Gasteiger partial charge in [-0.1, -0.05) is 59.1 Å². The van der Waals surface area contributed by atoms with Crippen LogP contribution in [0.15, 0.2) is 53.0 Å². The second kappa shape index (κ2) is 9.70. The number of carbonyl (C=O) groups excluding carboxylic acids is 1. The molecule has 0 unspecified atom stereocenters. The first kappa shape index (κ1) is 22.8. The predicted octanol–water partition coefficient (Wildman–Crippen LogP) is 4.60. The molecule has 1 amide bonds. The molecular formula is C26H27BrN4O3. The van der Waals surface area contributed by atoms with E-state index >= 15 is 0 Å². The van der Waals surface area contributed by atoms with Gasteiger partial charge < -0.3 is 14.9 Å². The van der Waals surface area contributed by atoms with Crippen molar-refractivity contribution in [3.8, 4) is 11.3 Å². The predicted molar refractivity (Wildman–Crippen MR) is 135 cm³/mol. The van der Waals surface area contributed by atoms with Crippen molar-refractivity contribution in [1.82, 2.24) is 14.9 Å². The van der Waals surface area contributed by atoms with Crippen LogP contribution in [0.4, 0.5) is 5.95 Å². The average Bonchev–Trinajstić information content (AvgIpc) is 2.88. The largest absolute Gasteiger partial charge is 0.481 e. The van der Waals surface area contributed by atoms with Gasteiger partial charge in [-0.2, -0.15) is 0 Å². The summed E-state index contributed by atoms with van der Waals surface area (Å²) in [5, 5.41) is 10.6. The van der Waals surface area contributed by atoms with Gasteiger partial charge in [0.15, 0.2) is 0 Å². The van der Waals surface area contributed by atoms with Crippen LogP contribution in [0.3, 0.4) is 0 Å². The van der Waals surface area contributed by atoms with Crippen LogP contribution >= 0.6 is 15.9 Å². The number of carboxylic acids is 1. The number of anilines is 1. The van der Waals surface area contributed by atoms with E-state index in [-0.39, 0.29) is 5.91 Å². The van der Waals surface area contributed by atoms with Crippen LogP contribution in [0.2, 0.25) is 0 Å². The number of amides is 1. The van der Waals surface area contributed by atoms with Gasteiger partial charge in [-0.3, -0.25) is 9.59 Å². The van der Waals surface area contributed by atoms with E-state index in [1.54, 1.807) is 0 Å². The van der Waals surface area contributed by atoms with Crippen molar-refractivity contribution in [2.75, 3.05) is 31.1 Å². The zero-order chi connectivity index (χ0) is 23.7. The number of aromatic nitrogens is 2. The number of nitrogens with zero attached hydrogens (tertiary/aromatic N) is 4. The number of fused-ring (bicyclic) bond motifs is 1. The number of aliphatic carboxylic acids is 1. The summed E-state index contributed by atoms with van der Waals surface area (Å²) in [5.41, 5.74) is 2.78. The summed E-state index contributed by atoms with van der Waals surface area (Å²) >= 11 is 3.56. The highest BCUT2D eigenvalue weighted by Crippen LogP contribution is 2.33. The molecule has 1 saturated carbocycles. The Morgan fingerprint density at radius 2 is 1.62 bits per heavy atom. The van der Waals surface area contributed by atoms with Crippen LogP contribution in [0.1, 0.15) is 25.7 Å². The molecule has 2 aliphatic rings. The molecule has 5 rings (SSSR count). The lowest BCUT2D eigenvalue weighted by Gasteiger charge is -2.38. The van der Waals surface area contributed by atoms with Gasteiger partial charge in [0.1, 0.15) is 0 Å². The molecule has 8 heteroatoms. The summed E-state index contributed by atoms with van der Waals surface area (Å²) in [5.74, 6) is -1.17. The molecular weight excluding hydrogens is 496 g/mol. The Bertz CT molecular complexity index is 1210. The van der Waals surface area contributed by atoms with E-state index in [2.05, 4.69) is 20.8 Å². The minimum Gasteiger partial charge on any atom is -0.481 e. The third kappa shape index (κ3) is 4.51. The fourth-order valence-electron chi connectivity index (χ4n) is 5.13. The summed E-state index contributed by atoms with van der Waals surface area (Å²) in [7, 11) is 0. The van der Waals surface area contributed by atoms with E-state index in [0.29, 0.717) is 45.0 Å². The van der Waals surface area contributed by atoms with Gasteiger partial charge in [-0.25, -0.2) is 9.97 Å². The molecule has 176 valence electrons. The Labute approximate surface area is 206 Å². The molecule has 34 heavy (non-hydrogen) atoms. The molecule has 0 spiro atoms. The molecule has 0 bridgehead atoms. The standard InChI is InChI=1S/C26H27BrN4O3/c27-18-10-11-22-21(16-18)23(17-6-2-1-3-7-17)29-26(28-22)31-14-12-30(13-15-31)24(32)19-8-4-5-9-20(19)25(33)34/h1-3,6-7,10-11,16,19-20H,4-5,8-9,12-15H2,(H,33,34)/t19-,20-/m1/s1. The van der Waals surface area contributed by atoms with Crippen LogP contribution in [0.25, 0.3) is 22.2 Å². The zero-order valence-electron chi connectivity index (χ0n) is 18.9. The lowest BCUT2D eigenvalue weighted by Crippen LogP contribution is -2.52. The third-order valence-corrected chi connectivity index (χ3v) is 7.46. The van der Waals surface area contributed by atoms with Crippen molar-refractivity contribution < 1.29 is 14.7 Å².